The van der Waals surface area contributed by atoms with E-state index in [1.165, 1.54) is 111 Å². The number of aryl methyl sites for hydroxylation is 1. The van der Waals surface area contributed by atoms with Gasteiger partial charge in [0.15, 0.2) is 0 Å². The van der Waals surface area contributed by atoms with Crippen LogP contribution in [-0.2, 0) is 12.8 Å². The molecule has 0 amide bonds. The minimum atomic E-state index is -0.235. The number of hydrogen-bond acceptors (Lipinski definition) is 10. The molecule has 0 heterocycles. The fourth-order valence-corrected chi connectivity index (χ4v) is 15.3. The number of nitrogens with one attached hydrogen (secondary N) is 2. The maximum absolute atomic E-state index is 10.5. The van der Waals surface area contributed by atoms with E-state index in [-0.39, 0.29) is 18.4 Å². The number of nitrogen functional groups attached to an aromatic ring is 4. The van der Waals surface area contributed by atoms with Crippen LogP contribution >= 0.6 is 0 Å². The molecule has 14 aromatic carbocycles. The van der Waals surface area contributed by atoms with Crippen molar-refractivity contribution in [2.24, 2.45) is 23.3 Å². The number of phenols is 1. The lowest BCUT2D eigenvalue weighted by Crippen LogP contribution is -2.26. The second-order valence-corrected chi connectivity index (χ2v) is 26.2. The summed E-state index contributed by atoms with van der Waals surface area (Å²) in [7, 11) is 3.97. The van der Waals surface area contributed by atoms with Gasteiger partial charge in [-0.2, -0.15) is 0 Å². The summed E-state index contributed by atoms with van der Waals surface area (Å²) >= 11 is 0. The molecule has 2 unspecified atom stereocenters. The zero-order valence-electron chi connectivity index (χ0n) is 56.9. The number of rotatable bonds is 8. The molecule has 0 radical (unpaired) electrons. The van der Waals surface area contributed by atoms with Gasteiger partial charge in [-0.05, 0) is 186 Å². The number of aliphatic hydroxyl groups excluding tert-OH is 1. The fourth-order valence-electron chi connectivity index (χ4n) is 15.3. The molecule has 10 heteroatoms. The van der Waals surface area contributed by atoms with Crippen LogP contribution in [0.25, 0.3) is 104 Å². The van der Waals surface area contributed by atoms with Crippen molar-refractivity contribution in [3.8, 4) is 39.1 Å². The van der Waals surface area contributed by atoms with E-state index in [0.29, 0.717) is 17.5 Å². The number of phenolic OH excluding ortho intramolecular Hbond substituents is 1. The van der Waals surface area contributed by atoms with E-state index in [2.05, 4.69) is 150 Å². The van der Waals surface area contributed by atoms with Gasteiger partial charge in [0.2, 0.25) is 0 Å². The van der Waals surface area contributed by atoms with Gasteiger partial charge < -0.3 is 55.2 Å². The fraction of sp³-hybridized carbons (Fsp3) is 0.156. The zero-order valence-corrected chi connectivity index (χ0v) is 56.9. The second kappa shape index (κ2) is 30.5. The van der Waals surface area contributed by atoms with Crippen molar-refractivity contribution in [3.63, 3.8) is 0 Å². The normalized spacial score (nSPS) is 14.8. The standard InChI is InChI=1S/C22H20N2.C20H26N2.C20H16N2.C20H15NO.C8H11NO/c1-23-19-13-11-15-7-3-5-9-17(15)21(19)22-18-10-6-4-8-16(18)12-14-20(22)24-2;3*21-17-11-9-13-5-1-3-7-15(13)19(17)20-16-8-4-2-6-14(16)10-12-18(20)22;9-8(6-10)7-4-2-1-3-5-7/h3-14,23-24H,1-2H3;9-13,15H,1-8,21-22H2;1-12H,21-22H2;1-12,22H,21H2;1-5,8,10H,6,9H2/t;;;;8-/m....0/s1. The van der Waals surface area contributed by atoms with Crippen molar-refractivity contribution in [2.45, 2.75) is 57.4 Å². The first-order valence-corrected chi connectivity index (χ1v) is 34.9. The lowest BCUT2D eigenvalue weighted by atomic mass is 9.68. The predicted octanol–water partition coefficient (Wildman–Crippen LogP) is 20.4. The van der Waals surface area contributed by atoms with E-state index in [1.54, 1.807) is 6.07 Å². The molecule has 14 aromatic rings. The smallest absolute Gasteiger partial charge is 0.124 e. The Morgan fingerprint density at radius 1 is 0.380 bits per heavy atom. The van der Waals surface area contributed by atoms with Crippen LogP contribution in [-0.4, -0.2) is 30.9 Å². The number of aliphatic hydroxyl groups is 1. The largest absolute Gasteiger partial charge is 0.507 e. The van der Waals surface area contributed by atoms with Crippen LogP contribution < -0.4 is 45.0 Å². The Balaban J connectivity index is 0.000000114. The van der Waals surface area contributed by atoms with Gasteiger partial charge in [-0.25, -0.2) is 0 Å². The van der Waals surface area contributed by atoms with Crippen LogP contribution in [0.3, 0.4) is 0 Å². The number of fused-ring (bicyclic) bond motifs is 8. The molecule has 100 heavy (non-hydrogen) atoms. The van der Waals surface area contributed by atoms with Gasteiger partial charge in [-0.15, -0.1) is 0 Å². The number of hydrogen-bond donors (Lipinski definition) is 10. The van der Waals surface area contributed by atoms with Gasteiger partial charge in [0, 0.05) is 92.9 Å². The summed E-state index contributed by atoms with van der Waals surface area (Å²) in [5.74, 6) is 1.49. The third-order valence-electron chi connectivity index (χ3n) is 20.2. The molecular weight excluding hydrogens is 1230 g/mol. The number of allylic oxidation sites excluding steroid dienone is 3. The lowest BCUT2D eigenvalue weighted by molar-refractivity contribution is 0.268. The Morgan fingerprint density at radius 2 is 0.750 bits per heavy atom. The molecule has 1 fully saturated rings. The summed E-state index contributed by atoms with van der Waals surface area (Å²) in [6.45, 7) is 0.00398. The number of anilines is 6. The first-order valence-electron chi connectivity index (χ1n) is 34.9. The molecule has 0 spiro atoms. The molecule has 500 valence electrons. The van der Waals surface area contributed by atoms with Crippen LogP contribution in [0.1, 0.15) is 66.8 Å². The number of nitrogens with two attached hydrogens (primary N) is 6. The van der Waals surface area contributed by atoms with Crippen molar-refractivity contribution >= 4 is 104 Å². The highest BCUT2D eigenvalue weighted by Crippen LogP contribution is 2.49. The van der Waals surface area contributed by atoms with Crippen molar-refractivity contribution in [3.05, 3.63) is 301 Å². The molecule has 0 aromatic heterocycles. The topological polar surface area (TPSA) is 221 Å². The van der Waals surface area contributed by atoms with Crippen molar-refractivity contribution in [1.82, 2.24) is 0 Å². The predicted molar refractivity (Wildman–Crippen MR) is 428 cm³/mol. The molecule has 3 aliphatic rings. The Hall–Kier alpha value is -11.6. The summed E-state index contributed by atoms with van der Waals surface area (Å²) in [5, 5.41) is 39.8. The third-order valence-corrected chi connectivity index (χ3v) is 20.2. The first-order chi connectivity index (χ1) is 48.9. The van der Waals surface area contributed by atoms with Crippen LogP contribution in [0, 0.1) is 11.8 Å². The van der Waals surface area contributed by atoms with Crippen molar-refractivity contribution < 1.29 is 10.2 Å². The molecular formula is C90H88N8O2. The average Bonchev–Trinajstić information content (AvgIpc) is 0.781. The lowest BCUT2D eigenvalue weighted by Gasteiger charge is -2.37. The molecule has 16 N–H and O–H groups in total. The quantitative estimate of drug-likeness (QED) is 0.0649. The molecule has 3 aliphatic carbocycles. The monoisotopic (exact) mass is 1310 g/mol. The SMILES string of the molecule is CNc1ccc2ccccc2c1-c1c(NC)ccc2ccccc12.NC1=C(c2c(N)ccc3c2CCCC3)C2CCCCC2C=C1.N[C@@H](CO)c1ccccc1.Nc1ccc2ccccc2c1-c1c(N)ccc2ccccc12.Nc1ccc2ccccc2c1-c1c(O)ccc2ccccc12. The molecule has 0 bridgehead atoms. The van der Waals surface area contributed by atoms with E-state index in [4.69, 9.17) is 39.5 Å². The molecule has 10 nitrogen and oxygen atoms in total. The average molecular weight is 1310 g/mol. The van der Waals surface area contributed by atoms with Crippen LogP contribution in [0.5, 0.6) is 5.75 Å². The molecule has 17 rings (SSSR count). The van der Waals surface area contributed by atoms with Gasteiger partial charge in [-0.1, -0.05) is 237 Å². The van der Waals surface area contributed by atoms with Gasteiger partial charge in [-0.3, -0.25) is 0 Å². The van der Waals surface area contributed by atoms with Crippen LogP contribution in [0.2, 0.25) is 0 Å². The maximum Gasteiger partial charge on any atom is 0.124 e. The van der Waals surface area contributed by atoms with Gasteiger partial charge in [0.25, 0.3) is 0 Å². The van der Waals surface area contributed by atoms with Crippen molar-refractivity contribution in [1.29, 1.82) is 0 Å². The molecule has 3 atom stereocenters. The summed E-state index contributed by atoms with van der Waals surface area (Å²) in [5.41, 5.74) is 56.6. The third kappa shape index (κ3) is 13.7. The minimum absolute atomic E-state index is 0.00398. The van der Waals surface area contributed by atoms with Crippen molar-refractivity contribution in [2.75, 3.05) is 54.3 Å². The summed E-state index contributed by atoms with van der Waals surface area (Å²) in [6.07, 6.45) is 14.6. The Labute approximate surface area is 586 Å². The van der Waals surface area contributed by atoms with E-state index in [9.17, 15) is 5.11 Å². The van der Waals surface area contributed by atoms with Gasteiger partial charge in [0.05, 0.1) is 12.6 Å². The highest BCUT2D eigenvalue weighted by atomic mass is 16.3. The Bertz CT molecular complexity index is 4930. The summed E-state index contributed by atoms with van der Waals surface area (Å²) in [6, 6.07) is 87.7. The van der Waals surface area contributed by atoms with Gasteiger partial charge in [0.1, 0.15) is 5.75 Å². The summed E-state index contributed by atoms with van der Waals surface area (Å²) in [4.78, 5) is 0. The van der Waals surface area contributed by atoms with E-state index in [1.807, 2.05) is 141 Å². The Morgan fingerprint density at radius 3 is 1.21 bits per heavy atom. The van der Waals surface area contributed by atoms with Crippen LogP contribution in [0.15, 0.2) is 279 Å². The maximum atomic E-state index is 10.5. The highest BCUT2D eigenvalue weighted by Gasteiger charge is 2.34. The Kier molecular flexibility index (Phi) is 20.4. The van der Waals surface area contributed by atoms with Gasteiger partial charge >= 0.3 is 0 Å². The number of benzene rings is 14. The van der Waals surface area contributed by atoms with E-state index < -0.39 is 0 Å². The van der Waals surface area contributed by atoms with Crippen LogP contribution in [0.4, 0.5) is 34.1 Å². The first kappa shape index (κ1) is 67.0. The summed E-state index contributed by atoms with van der Waals surface area (Å²) < 4.78 is 0. The molecule has 1 saturated carbocycles. The zero-order chi connectivity index (χ0) is 69.2. The number of aromatic hydroxyl groups is 1. The van der Waals surface area contributed by atoms with E-state index in [0.717, 1.165) is 101 Å². The molecule has 0 saturated heterocycles. The highest BCUT2D eigenvalue weighted by molar-refractivity contribution is 6.15. The molecule has 0 aliphatic heterocycles. The minimum Gasteiger partial charge on any atom is -0.507 e. The second-order valence-electron chi connectivity index (χ2n) is 26.2. The van der Waals surface area contributed by atoms with E-state index >= 15 is 0 Å².